The van der Waals surface area contributed by atoms with Gasteiger partial charge in [-0.2, -0.15) is 0 Å². The summed E-state index contributed by atoms with van der Waals surface area (Å²) in [4.78, 5) is 66.9. The Morgan fingerprint density at radius 3 is 2.54 bits per heavy atom. The average molecular weight is 479 g/mol. The SMILES string of the molecule is O=C(CCCN1C(=O)c2ccc([N+](=O)[O-])cc2C1=O)NCC1CCN(C(=O)c2cccnc2)CC1. The molecule has 4 rings (SSSR count). The highest BCUT2D eigenvalue weighted by Gasteiger charge is 2.36. The van der Waals surface area contributed by atoms with Crippen LogP contribution >= 0.6 is 0 Å². The number of amides is 4. The van der Waals surface area contributed by atoms with E-state index in [1.807, 2.05) is 0 Å². The van der Waals surface area contributed by atoms with Gasteiger partial charge >= 0.3 is 0 Å². The van der Waals surface area contributed by atoms with E-state index in [9.17, 15) is 29.3 Å². The van der Waals surface area contributed by atoms with Crippen LogP contribution in [0.3, 0.4) is 0 Å². The summed E-state index contributed by atoms with van der Waals surface area (Å²) >= 11 is 0. The van der Waals surface area contributed by atoms with E-state index in [1.165, 1.54) is 12.1 Å². The number of aromatic nitrogens is 1. The summed E-state index contributed by atoms with van der Waals surface area (Å²) in [5, 5.41) is 13.8. The number of benzene rings is 1. The number of non-ortho nitro benzene ring substituents is 1. The first-order chi connectivity index (χ1) is 16.8. The molecule has 182 valence electrons. The maximum atomic E-state index is 12.5. The molecule has 0 radical (unpaired) electrons. The van der Waals surface area contributed by atoms with Crippen LogP contribution < -0.4 is 5.32 Å². The zero-order valence-corrected chi connectivity index (χ0v) is 19.0. The van der Waals surface area contributed by atoms with Crippen LogP contribution in [0, 0.1) is 16.0 Å². The van der Waals surface area contributed by atoms with Gasteiger partial charge in [0.1, 0.15) is 0 Å². The Balaban J connectivity index is 1.17. The molecule has 0 saturated carbocycles. The number of imide groups is 1. The second kappa shape index (κ2) is 10.4. The van der Waals surface area contributed by atoms with E-state index in [-0.39, 0.29) is 53.9 Å². The van der Waals surface area contributed by atoms with Crippen molar-refractivity contribution in [1.82, 2.24) is 20.1 Å². The number of piperidine rings is 1. The van der Waals surface area contributed by atoms with Gasteiger partial charge in [0, 0.05) is 57.1 Å². The highest BCUT2D eigenvalue weighted by Crippen LogP contribution is 2.27. The van der Waals surface area contributed by atoms with Crippen LogP contribution in [0.15, 0.2) is 42.7 Å². The summed E-state index contributed by atoms with van der Waals surface area (Å²) in [5.74, 6) is -1.03. The van der Waals surface area contributed by atoms with Crippen molar-refractivity contribution < 1.29 is 24.1 Å². The number of carbonyl (C=O) groups is 4. The molecule has 4 amide bonds. The minimum atomic E-state index is -0.618. The summed E-state index contributed by atoms with van der Waals surface area (Å²) < 4.78 is 0. The molecule has 3 heterocycles. The van der Waals surface area contributed by atoms with E-state index in [1.54, 1.807) is 29.4 Å². The fourth-order valence-corrected chi connectivity index (χ4v) is 4.35. The Bertz CT molecular complexity index is 1160. The average Bonchev–Trinajstić information content (AvgIpc) is 3.12. The lowest BCUT2D eigenvalue weighted by molar-refractivity contribution is -0.384. The van der Waals surface area contributed by atoms with Crippen LogP contribution in [0.5, 0.6) is 0 Å². The van der Waals surface area contributed by atoms with Crippen molar-refractivity contribution in [3.63, 3.8) is 0 Å². The number of hydrogen-bond acceptors (Lipinski definition) is 7. The lowest BCUT2D eigenvalue weighted by Crippen LogP contribution is -2.41. The Morgan fingerprint density at radius 1 is 1.11 bits per heavy atom. The first kappa shape index (κ1) is 24.0. The fraction of sp³-hybridized carbons (Fsp3) is 0.375. The van der Waals surface area contributed by atoms with Crippen molar-refractivity contribution >= 4 is 29.3 Å². The third kappa shape index (κ3) is 5.34. The van der Waals surface area contributed by atoms with Gasteiger partial charge in [0.15, 0.2) is 0 Å². The first-order valence-corrected chi connectivity index (χ1v) is 11.5. The van der Waals surface area contributed by atoms with Crippen molar-refractivity contribution in [1.29, 1.82) is 0 Å². The maximum Gasteiger partial charge on any atom is 0.270 e. The molecule has 1 N–H and O–H groups in total. The molecular weight excluding hydrogens is 454 g/mol. The van der Waals surface area contributed by atoms with Crippen LogP contribution in [-0.2, 0) is 4.79 Å². The van der Waals surface area contributed by atoms with Crippen molar-refractivity contribution in [2.45, 2.75) is 25.7 Å². The van der Waals surface area contributed by atoms with Crippen LogP contribution in [-0.4, -0.2) is 69.5 Å². The van der Waals surface area contributed by atoms with E-state index in [2.05, 4.69) is 10.3 Å². The normalized spacial score (nSPS) is 15.8. The molecule has 0 bridgehead atoms. The maximum absolute atomic E-state index is 12.5. The molecule has 11 heteroatoms. The third-order valence-corrected chi connectivity index (χ3v) is 6.35. The smallest absolute Gasteiger partial charge is 0.270 e. The molecule has 0 aliphatic carbocycles. The molecule has 2 aromatic rings. The van der Waals surface area contributed by atoms with Gasteiger partial charge in [0.2, 0.25) is 5.91 Å². The molecular formula is C24H25N5O6. The molecule has 1 aromatic carbocycles. The Morgan fingerprint density at radius 2 is 1.86 bits per heavy atom. The van der Waals surface area contributed by atoms with Gasteiger partial charge in [0.25, 0.3) is 23.4 Å². The van der Waals surface area contributed by atoms with Crippen LogP contribution in [0.1, 0.15) is 56.8 Å². The summed E-state index contributed by atoms with van der Waals surface area (Å²) in [6.07, 6.45) is 5.18. The van der Waals surface area contributed by atoms with Gasteiger partial charge in [-0.1, -0.05) is 0 Å². The fourth-order valence-electron chi connectivity index (χ4n) is 4.35. The number of hydrogen-bond donors (Lipinski definition) is 1. The molecule has 35 heavy (non-hydrogen) atoms. The number of nitrogens with one attached hydrogen (secondary N) is 1. The molecule has 0 spiro atoms. The van der Waals surface area contributed by atoms with Crippen LogP contribution in [0.25, 0.3) is 0 Å². The van der Waals surface area contributed by atoms with Gasteiger partial charge < -0.3 is 10.2 Å². The predicted molar refractivity (Wildman–Crippen MR) is 124 cm³/mol. The monoisotopic (exact) mass is 479 g/mol. The third-order valence-electron chi connectivity index (χ3n) is 6.35. The Hall–Kier alpha value is -4.15. The summed E-state index contributed by atoms with van der Waals surface area (Å²) in [5.41, 5.74) is 0.467. The summed E-state index contributed by atoms with van der Waals surface area (Å²) in [7, 11) is 0. The summed E-state index contributed by atoms with van der Waals surface area (Å²) in [6.45, 7) is 1.80. The van der Waals surface area contributed by atoms with E-state index < -0.39 is 16.7 Å². The van der Waals surface area contributed by atoms with E-state index in [0.29, 0.717) is 25.2 Å². The number of likely N-dealkylation sites (tertiary alicyclic amines) is 1. The van der Waals surface area contributed by atoms with Crippen molar-refractivity contribution in [3.8, 4) is 0 Å². The first-order valence-electron chi connectivity index (χ1n) is 11.5. The highest BCUT2D eigenvalue weighted by atomic mass is 16.6. The number of fused-ring (bicyclic) bond motifs is 1. The van der Waals surface area contributed by atoms with E-state index in [0.717, 1.165) is 23.8 Å². The summed E-state index contributed by atoms with van der Waals surface area (Å²) in [6, 6.07) is 7.07. The standard InChI is InChI=1S/C24H25N5O6/c30-21(26-14-16-7-11-27(12-8-16)22(31)17-3-1-9-25-15-17)4-2-10-28-23(32)19-6-5-18(29(34)35)13-20(19)24(28)33/h1,3,5-6,9,13,15-16H,2,4,7-8,10-12,14H2,(H,26,30). The molecule has 1 fully saturated rings. The Kier molecular flexibility index (Phi) is 7.14. The molecule has 0 unspecified atom stereocenters. The topological polar surface area (TPSA) is 143 Å². The minimum Gasteiger partial charge on any atom is -0.356 e. The lowest BCUT2D eigenvalue weighted by Gasteiger charge is -2.32. The Labute approximate surface area is 201 Å². The van der Waals surface area contributed by atoms with Gasteiger partial charge in [-0.25, -0.2) is 0 Å². The predicted octanol–water partition coefficient (Wildman–Crippen LogP) is 2.03. The van der Waals surface area contributed by atoms with Gasteiger partial charge in [-0.15, -0.1) is 0 Å². The lowest BCUT2D eigenvalue weighted by atomic mass is 9.96. The number of nitro benzene ring substituents is 1. The second-order valence-corrected chi connectivity index (χ2v) is 8.63. The number of nitro groups is 1. The van der Waals surface area contributed by atoms with Crippen molar-refractivity contribution in [3.05, 3.63) is 69.5 Å². The van der Waals surface area contributed by atoms with E-state index >= 15 is 0 Å². The van der Waals surface area contributed by atoms with Crippen LogP contribution in [0.2, 0.25) is 0 Å². The molecule has 1 aromatic heterocycles. The molecule has 2 aliphatic rings. The second-order valence-electron chi connectivity index (χ2n) is 8.63. The van der Waals surface area contributed by atoms with Gasteiger partial charge in [-0.3, -0.25) is 39.2 Å². The highest BCUT2D eigenvalue weighted by molar-refractivity contribution is 6.21. The van der Waals surface area contributed by atoms with Crippen molar-refractivity contribution in [2.24, 2.45) is 5.92 Å². The number of pyridine rings is 1. The largest absolute Gasteiger partial charge is 0.356 e. The number of carbonyl (C=O) groups excluding carboxylic acids is 4. The van der Waals surface area contributed by atoms with Crippen molar-refractivity contribution in [2.75, 3.05) is 26.2 Å². The zero-order chi connectivity index (χ0) is 24.9. The molecule has 0 atom stereocenters. The number of nitrogens with zero attached hydrogens (tertiary/aromatic N) is 4. The van der Waals surface area contributed by atoms with Crippen LogP contribution in [0.4, 0.5) is 5.69 Å². The van der Waals surface area contributed by atoms with E-state index in [4.69, 9.17) is 0 Å². The zero-order valence-electron chi connectivity index (χ0n) is 19.0. The molecule has 11 nitrogen and oxygen atoms in total. The molecule has 1 saturated heterocycles. The van der Waals surface area contributed by atoms with Gasteiger partial charge in [0.05, 0.1) is 21.6 Å². The number of rotatable bonds is 8. The van der Waals surface area contributed by atoms with Gasteiger partial charge in [-0.05, 0) is 43.4 Å². The molecule has 2 aliphatic heterocycles. The quantitative estimate of drug-likeness (QED) is 0.347. The minimum absolute atomic E-state index is 0.0157.